The molecule has 5 aromatic rings. The van der Waals surface area contributed by atoms with Crippen molar-refractivity contribution >= 4 is 27.7 Å². The van der Waals surface area contributed by atoms with Gasteiger partial charge in [0.25, 0.3) is 0 Å². The van der Waals surface area contributed by atoms with Crippen LogP contribution in [0.5, 0.6) is 11.5 Å². The van der Waals surface area contributed by atoms with E-state index in [-0.39, 0.29) is 12.5 Å². The van der Waals surface area contributed by atoms with Gasteiger partial charge in [0.15, 0.2) is 0 Å². The molecule has 1 heterocycles. The Morgan fingerprint density at radius 1 is 0.800 bits per heavy atom. The van der Waals surface area contributed by atoms with Crippen molar-refractivity contribution < 1.29 is 23.0 Å². The number of hydrogen-bond donors (Lipinski definition) is 3. The fraction of sp³-hybridized carbons (Fsp3) is 0.219. The van der Waals surface area contributed by atoms with Gasteiger partial charge in [-0.25, -0.2) is 8.78 Å². The molecule has 8 heteroatoms. The highest BCUT2D eigenvalue weighted by molar-refractivity contribution is 6.07. The fourth-order valence-corrected chi connectivity index (χ4v) is 4.63. The SMILES string of the molecule is CC(=O)NCCNCc1ccc(OCc2ccc3[nH]c4cc(C)ccc4c3c2)cc1OCc1cc(F)cc(F)c1. The molecule has 0 saturated carbocycles. The monoisotopic (exact) mass is 543 g/mol. The number of H-pyrrole nitrogens is 1. The number of carbonyl (C=O) groups is 1. The van der Waals surface area contributed by atoms with Crippen molar-refractivity contribution in [1.82, 2.24) is 15.6 Å². The number of rotatable bonds is 11. The van der Waals surface area contributed by atoms with Crippen LogP contribution < -0.4 is 20.1 Å². The summed E-state index contributed by atoms with van der Waals surface area (Å²) in [6.45, 7) is 5.44. The summed E-state index contributed by atoms with van der Waals surface area (Å²) in [6, 6.07) is 21.5. The zero-order valence-electron chi connectivity index (χ0n) is 22.4. The van der Waals surface area contributed by atoms with Crippen LogP contribution in [0.4, 0.5) is 8.78 Å². The Hall–Kier alpha value is -4.43. The molecule has 0 radical (unpaired) electrons. The van der Waals surface area contributed by atoms with E-state index >= 15 is 0 Å². The van der Waals surface area contributed by atoms with Crippen LogP contribution in [-0.2, 0) is 24.6 Å². The summed E-state index contributed by atoms with van der Waals surface area (Å²) in [4.78, 5) is 14.6. The van der Waals surface area contributed by atoms with Crippen LogP contribution >= 0.6 is 0 Å². The Morgan fingerprint density at radius 2 is 1.60 bits per heavy atom. The average Bonchev–Trinajstić information content (AvgIpc) is 3.27. The molecule has 0 unspecified atom stereocenters. The van der Waals surface area contributed by atoms with Gasteiger partial charge in [0.1, 0.15) is 36.3 Å². The number of aromatic nitrogens is 1. The molecule has 0 spiro atoms. The first-order chi connectivity index (χ1) is 19.3. The second-order valence-corrected chi connectivity index (χ2v) is 9.84. The minimum Gasteiger partial charge on any atom is -0.489 e. The van der Waals surface area contributed by atoms with Gasteiger partial charge in [-0.1, -0.05) is 24.3 Å². The summed E-state index contributed by atoms with van der Waals surface area (Å²) in [7, 11) is 0. The Morgan fingerprint density at radius 3 is 2.40 bits per heavy atom. The quantitative estimate of drug-likeness (QED) is 0.171. The lowest BCUT2D eigenvalue weighted by atomic mass is 10.1. The third-order valence-electron chi connectivity index (χ3n) is 6.57. The van der Waals surface area contributed by atoms with Gasteiger partial charge in [-0.15, -0.1) is 0 Å². The molecular formula is C32H31F2N3O3. The minimum atomic E-state index is -0.655. The number of amides is 1. The fourth-order valence-electron chi connectivity index (χ4n) is 4.63. The lowest BCUT2D eigenvalue weighted by molar-refractivity contribution is -0.118. The molecule has 0 fully saturated rings. The molecule has 0 atom stereocenters. The molecule has 0 bridgehead atoms. The predicted molar refractivity (Wildman–Crippen MR) is 152 cm³/mol. The van der Waals surface area contributed by atoms with Crippen molar-refractivity contribution in [3.63, 3.8) is 0 Å². The van der Waals surface area contributed by atoms with Crippen molar-refractivity contribution in [2.24, 2.45) is 0 Å². The van der Waals surface area contributed by atoms with Gasteiger partial charge in [0.05, 0.1) is 0 Å². The highest BCUT2D eigenvalue weighted by atomic mass is 19.1. The highest BCUT2D eigenvalue weighted by Gasteiger charge is 2.10. The smallest absolute Gasteiger partial charge is 0.216 e. The van der Waals surface area contributed by atoms with Crippen molar-refractivity contribution in [1.29, 1.82) is 0 Å². The zero-order valence-corrected chi connectivity index (χ0v) is 22.4. The second kappa shape index (κ2) is 12.2. The van der Waals surface area contributed by atoms with E-state index in [1.54, 1.807) is 6.07 Å². The Bertz CT molecular complexity index is 1640. The molecule has 1 amide bonds. The summed E-state index contributed by atoms with van der Waals surface area (Å²) in [6.07, 6.45) is 0. The van der Waals surface area contributed by atoms with Crippen LogP contribution in [0.3, 0.4) is 0 Å². The van der Waals surface area contributed by atoms with Gasteiger partial charge in [-0.05, 0) is 60.0 Å². The number of aromatic amines is 1. The number of halogens is 2. The van der Waals surface area contributed by atoms with Gasteiger partial charge in [0, 0.05) is 66.1 Å². The van der Waals surface area contributed by atoms with Crippen molar-refractivity contribution in [3.05, 3.63) is 107 Å². The van der Waals surface area contributed by atoms with Gasteiger partial charge in [-0.2, -0.15) is 0 Å². The van der Waals surface area contributed by atoms with Crippen molar-refractivity contribution in [3.8, 4) is 11.5 Å². The van der Waals surface area contributed by atoms with Crippen LogP contribution in [0.1, 0.15) is 29.2 Å². The highest BCUT2D eigenvalue weighted by Crippen LogP contribution is 2.29. The molecule has 1 aromatic heterocycles. The molecule has 40 heavy (non-hydrogen) atoms. The van der Waals surface area contributed by atoms with E-state index in [0.29, 0.717) is 43.3 Å². The molecule has 3 N–H and O–H groups in total. The number of carbonyl (C=O) groups excluding carboxylic acids is 1. The third-order valence-corrected chi connectivity index (χ3v) is 6.57. The number of nitrogens with one attached hydrogen (secondary N) is 3. The van der Waals surface area contributed by atoms with Gasteiger partial charge in [0.2, 0.25) is 5.91 Å². The van der Waals surface area contributed by atoms with E-state index in [4.69, 9.17) is 9.47 Å². The molecule has 206 valence electrons. The average molecular weight is 544 g/mol. The molecule has 0 aliphatic carbocycles. The van der Waals surface area contributed by atoms with Crippen LogP contribution in [-0.4, -0.2) is 24.0 Å². The molecular weight excluding hydrogens is 512 g/mol. The van der Waals surface area contributed by atoms with Crippen LogP contribution in [0.15, 0.2) is 72.8 Å². The Balaban J connectivity index is 1.31. The molecule has 0 saturated heterocycles. The van der Waals surface area contributed by atoms with Crippen molar-refractivity contribution in [2.75, 3.05) is 13.1 Å². The summed E-state index contributed by atoms with van der Waals surface area (Å²) in [5.41, 5.74) is 5.64. The van der Waals surface area contributed by atoms with Gasteiger partial charge < -0.3 is 25.1 Å². The summed E-state index contributed by atoms with van der Waals surface area (Å²) >= 11 is 0. The van der Waals surface area contributed by atoms with Gasteiger partial charge in [-0.3, -0.25) is 4.79 Å². The van der Waals surface area contributed by atoms with Gasteiger partial charge >= 0.3 is 0 Å². The summed E-state index contributed by atoms with van der Waals surface area (Å²) in [5.74, 6) is -0.252. The predicted octanol–water partition coefficient (Wildman–Crippen LogP) is 6.29. The molecule has 6 nitrogen and oxygen atoms in total. The molecule has 0 aliphatic heterocycles. The number of benzene rings is 4. The largest absolute Gasteiger partial charge is 0.489 e. The molecule has 4 aromatic carbocycles. The maximum atomic E-state index is 13.7. The zero-order chi connectivity index (χ0) is 28.1. The summed E-state index contributed by atoms with van der Waals surface area (Å²) in [5, 5.41) is 8.32. The first kappa shape index (κ1) is 27.1. The van der Waals surface area contributed by atoms with E-state index in [1.165, 1.54) is 30.0 Å². The topological polar surface area (TPSA) is 75.4 Å². The van der Waals surface area contributed by atoms with E-state index in [2.05, 4.69) is 52.9 Å². The third kappa shape index (κ3) is 6.76. The Labute approximate surface area is 231 Å². The minimum absolute atomic E-state index is 0.00622. The second-order valence-electron chi connectivity index (χ2n) is 9.84. The van der Waals surface area contributed by atoms with Crippen LogP contribution in [0.25, 0.3) is 21.8 Å². The van der Waals surface area contributed by atoms with E-state index in [9.17, 15) is 13.6 Å². The van der Waals surface area contributed by atoms with E-state index in [1.807, 2.05) is 18.2 Å². The Kier molecular flexibility index (Phi) is 8.26. The first-order valence-electron chi connectivity index (χ1n) is 13.1. The van der Waals surface area contributed by atoms with Crippen LogP contribution in [0.2, 0.25) is 0 Å². The van der Waals surface area contributed by atoms with E-state index in [0.717, 1.165) is 33.6 Å². The maximum Gasteiger partial charge on any atom is 0.216 e. The van der Waals surface area contributed by atoms with Crippen LogP contribution in [0, 0.1) is 18.6 Å². The normalized spacial score (nSPS) is 11.2. The van der Waals surface area contributed by atoms with E-state index < -0.39 is 11.6 Å². The lowest BCUT2D eigenvalue weighted by Gasteiger charge is -2.15. The molecule has 0 aliphatic rings. The first-order valence-corrected chi connectivity index (χ1v) is 13.1. The number of fused-ring (bicyclic) bond motifs is 3. The maximum absolute atomic E-state index is 13.7. The number of ether oxygens (including phenoxy) is 2. The van der Waals surface area contributed by atoms with Crippen molar-refractivity contribution in [2.45, 2.75) is 33.6 Å². The summed E-state index contributed by atoms with van der Waals surface area (Å²) < 4.78 is 39.5. The number of aryl methyl sites for hydroxylation is 1. The molecule has 5 rings (SSSR count). The number of hydrogen-bond acceptors (Lipinski definition) is 4. The lowest BCUT2D eigenvalue weighted by Crippen LogP contribution is -2.30. The standard InChI is InChI=1S/C32H31F2N3O3/c1-20-3-7-28-29-14-22(4-8-30(29)37-31(28)11-20)18-39-27-6-5-24(17-35-9-10-36-21(2)38)32(16-27)40-19-23-12-25(33)15-26(34)13-23/h3-8,11-16,35,37H,9-10,17-19H2,1-2H3,(H,36,38).